The summed E-state index contributed by atoms with van der Waals surface area (Å²) in [4.78, 5) is 31.3. The quantitative estimate of drug-likeness (QED) is 0.486. The van der Waals surface area contributed by atoms with Crippen molar-refractivity contribution in [2.24, 2.45) is 0 Å². The standard InChI is InChI=1S/C20H22N4O4S/c1-4-28-14-6-7-15-16(10-14)24-20(23-15)29-11-19(26)22-17-9-13(21-12(2)25)5-8-18(17)27-3/h5-10H,4,11H2,1-3H3,(H,21,25)(H,22,26)(H,23,24). The minimum Gasteiger partial charge on any atom is -0.495 e. The lowest BCUT2D eigenvalue weighted by Gasteiger charge is -2.12. The lowest BCUT2D eigenvalue weighted by molar-refractivity contribution is -0.114. The fourth-order valence-corrected chi connectivity index (χ4v) is 3.38. The summed E-state index contributed by atoms with van der Waals surface area (Å²) in [5.41, 5.74) is 2.71. The van der Waals surface area contributed by atoms with E-state index in [-0.39, 0.29) is 17.6 Å². The van der Waals surface area contributed by atoms with Gasteiger partial charge in [-0.2, -0.15) is 0 Å². The Morgan fingerprint density at radius 2 is 2.00 bits per heavy atom. The van der Waals surface area contributed by atoms with Gasteiger partial charge in [-0.25, -0.2) is 4.98 Å². The highest BCUT2D eigenvalue weighted by atomic mass is 32.2. The highest BCUT2D eigenvalue weighted by Crippen LogP contribution is 2.28. The second-order valence-electron chi connectivity index (χ2n) is 6.09. The van der Waals surface area contributed by atoms with E-state index in [1.54, 1.807) is 18.2 Å². The summed E-state index contributed by atoms with van der Waals surface area (Å²) in [7, 11) is 1.52. The number of aromatic amines is 1. The fourth-order valence-electron chi connectivity index (χ4n) is 2.70. The number of rotatable bonds is 8. The Morgan fingerprint density at radius 1 is 1.17 bits per heavy atom. The molecule has 152 valence electrons. The molecule has 2 aromatic carbocycles. The van der Waals surface area contributed by atoms with Gasteiger partial charge in [0.25, 0.3) is 0 Å². The highest BCUT2D eigenvalue weighted by molar-refractivity contribution is 7.99. The number of nitrogens with one attached hydrogen (secondary N) is 3. The minimum atomic E-state index is -0.219. The van der Waals surface area contributed by atoms with Gasteiger partial charge in [0.2, 0.25) is 11.8 Å². The van der Waals surface area contributed by atoms with Crippen molar-refractivity contribution in [3.8, 4) is 11.5 Å². The predicted molar refractivity (Wildman–Crippen MR) is 114 cm³/mol. The summed E-state index contributed by atoms with van der Waals surface area (Å²) in [6.07, 6.45) is 0. The first-order valence-corrected chi connectivity index (χ1v) is 9.98. The first-order chi connectivity index (χ1) is 14.0. The molecule has 0 saturated heterocycles. The molecule has 0 aliphatic carbocycles. The van der Waals surface area contributed by atoms with Crippen LogP contribution >= 0.6 is 11.8 Å². The van der Waals surface area contributed by atoms with E-state index < -0.39 is 0 Å². The van der Waals surface area contributed by atoms with E-state index in [1.165, 1.54) is 25.8 Å². The van der Waals surface area contributed by atoms with Gasteiger partial charge in [0.05, 0.1) is 36.2 Å². The Balaban J connectivity index is 1.65. The van der Waals surface area contributed by atoms with Crippen LogP contribution in [0.5, 0.6) is 11.5 Å². The molecule has 0 fully saturated rings. The molecule has 3 rings (SSSR count). The number of thioether (sulfide) groups is 1. The molecular weight excluding hydrogens is 392 g/mol. The van der Waals surface area contributed by atoms with Gasteiger partial charge in [-0.05, 0) is 37.3 Å². The molecule has 0 saturated carbocycles. The molecule has 8 nitrogen and oxygen atoms in total. The maximum atomic E-state index is 12.4. The van der Waals surface area contributed by atoms with Gasteiger partial charge >= 0.3 is 0 Å². The predicted octanol–water partition coefficient (Wildman–Crippen LogP) is 3.66. The number of amides is 2. The first kappa shape index (κ1) is 20.5. The molecule has 0 radical (unpaired) electrons. The Labute approximate surface area is 172 Å². The van der Waals surface area contributed by atoms with Crippen LogP contribution in [0.15, 0.2) is 41.6 Å². The van der Waals surface area contributed by atoms with E-state index in [9.17, 15) is 9.59 Å². The average molecular weight is 414 g/mol. The highest BCUT2D eigenvalue weighted by Gasteiger charge is 2.12. The third-order valence-electron chi connectivity index (χ3n) is 3.88. The number of ether oxygens (including phenoxy) is 2. The van der Waals surface area contributed by atoms with Gasteiger partial charge in [-0.15, -0.1) is 0 Å². The van der Waals surface area contributed by atoms with Crippen LogP contribution < -0.4 is 20.1 Å². The lowest BCUT2D eigenvalue weighted by Crippen LogP contribution is -2.15. The number of anilines is 2. The van der Waals surface area contributed by atoms with Crippen LogP contribution in [-0.4, -0.2) is 41.3 Å². The van der Waals surface area contributed by atoms with E-state index in [0.717, 1.165) is 16.8 Å². The SMILES string of the molecule is CCOc1ccc2nc(SCC(=O)Nc3cc(NC(C)=O)ccc3OC)[nH]c2c1. The average Bonchev–Trinajstić information content (AvgIpc) is 3.09. The Hall–Kier alpha value is -3.20. The topological polar surface area (TPSA) is 105 Å². The van der Waals surface area contributed by atoms with E-state index >= 15 is 0 Å². The van der Waals surface area contributed by atoms with Crippen molar-refractivity contribution in [1.29, 1.82) is 0 Å². The molecular formula is C20H22N4O4S. The number of hydrogen-bond acceptors (Lipinski definition) is 6. The number of nitrogens with zero attached hydrogens (tertiary/aromatic N) is 1. The molecule has 0 atom stereocenters. The molecule has 0 spiro atoms. The van der Waals surface area contributed by atoms with Gasteiger partial charge in [-0.1, -0.05) is 11.8 Å². The number of aromatic nitrogens is 2. The Kier molecular flexibility index (Phi) is 6.61. The summed E-state index contributed by atoms with van der Waals surface area (Å²) < 4.78 is 10.8. The van der Waals surface area contributed by atoms with E-state index in [2.05, 4.69) is 20.6 Å². The van der Waals surface area contributed by atoms with Gasteiger partial charge in [-0.3, -0.25) is 9.59 Å². The number of methoxy groups -OCH3 is 1. The summed E-state index contributed by atoms with van der Waals surface area (Å²) in [6.45, 7) is 3.94. The van der Waals surface area contributed by atoms with E-state index in [4.69, 9.17) is 9.47 Å². The normalized spacial score (nSPS) is 10.6. The summed E-state index contributed by atoms with van der Waals surface area (Å²) >= 11 is 1.29. The second kappa shape index (κ2) is 9.33. The molecule has 2 amide bonds. The summed E-state index contributed by atoms with van der Waals surface area (Å²) in [5, 5.41) is 6.13. The van der Waals surface area contributed by atoms with Crippen molar-refractivity contribution in [2.75, 3.05) is 30.1 Å². The summed E-state index contributed by atoms with van der Waals surface area (Å²) in [6, 6.07) is 10.7. The zero-order valence-corrected chi connectivity index (χ0v) is 17.2. The van der Waals surface area contributed by atoms with Crippen molar-refractivity contribution in [3.05, 3.63) is 36.4 Å². The number of benzene rings is 2. The number of carbonyl (C=O) groups excluding carboxylic acids is 2. The van der Waals surface area contributed by atoms with Crippen LogP contribution in [0.25, 0.3) is 11.0 Å². The van der Waals surface area contributed by atoms with Crippen LogP contribution in [-0.2, 0) is 9.59 Å². The molecule has 0 bridgehead atoms. The van der Waals surface area contributed by atoms with Crippen molar-refractivity contribution in [2.45, 2.75) is 19.0 Å². The molecule has 0 unspecified atom stereocenters. The molecule has 3 aromatic rings. The minimum absolute atomic E-state index is 0.158. The van der Waals surface area contributed by atoms with Gasteiger partial charge in [0.1, 0.15) is 11.5 Å². The smallest absolute Gasteiger partial charge is 0.234 e. The second-order valence-corrected chi connectivity index (χ2v) is 7.05. The largest absolute Gasteiger partial charge is 0.495 e. The van der Waals surface area contributed by atoms with Crippen molar-refractivity contribution in [3.63, 3.8) is 0 Å². The lowest BCUT2D eigenvalue weighted by atomic mass is 10.2. The zero-order chi connectivity index (χ0) is 20.8. The van der Waals surface area contributed by atoms with E-state index in [0.29, 0.717) is 28.9 Å². The van der Waals surface area contributed by atoms with Crippen LogP contribution in [0.2, 0.25) is 0 Å². The van der Waals surface area contributed by atoms with Crippen molar-refractivity contribution >= 4 is 46.0 Å². The van der Waals surface area contributed by atoms with Gasteiger partial charge in [0, 0.05) is 18.7 Å². The number of fused-ring (bicyclic) bond motifs is 1. The molecule has 9 heteroatoms. The number of imidazole rings is 1. The molecule has 1 heterocycles. The number of hydrogen-bond donors (Lipinski definition) is 3. The third-order valence-corrected chi connectivity index (χ3v) is 4.75. The first-order valence-electron chi connectivity index (χ1n) is 8.99. The van der Waals surface area contributed by atoms with Crippen LogP contribution in [0.4, 0.5) is 11.4 Å². The number of H-pyrrole nitrogens is 1. The summed E-state index contributed by atoms with van der Waals surface area (Å²) in [5.74, 6) is 1.02. The van der Waals surface area contributed by atoms with E-state index in [1.807, 2.05) is 25.1 Å². The van der Waals surface area contributed by atoms with Crippen LogP contribution in [0, 0.1) is 0 Å². The fraction of sp³-hybridized carbons (Fsp3) is 0.250. The number of carbonyl (C=O) groups is 2. The van der Waals surface area contributed by atoms with Crippen LogP contribution in [0.3, 0.4) is 0 Å². The Bertz CT molecular complexity index is 1030. The molecule has 1 aromatic heterocycles. The van der Waals surface area contributed by atoms with Gasteiger partial charge < -0.3 is 25.1 Å². The molecule has 3 N–H and O–H groups in total. The molecule has 29 heavy (non-hydrogen) atoms. The third kappa shape index (κ3) is 5.41. The maximum Gasteiger partial charge on any atom is 0.234 e. The zero-order valence-electron chi connectivity index (χ0n) is 16.4. The van der Waals surface area contributed by atoms with Crippen LogP contribution in [0.1, 0.15) is 13.8 Å². The molecule has 0 aliphatic heterocycles. The van der Waals surface area contributed by atoms with Crippen molar-refractivity contribution in [1.82, 2.24) is 9.97 Å². The maximum absolute atomic E-state index is 12.4. The monoisotopic (exact) mass is 414 g/mol. The Morgan fingerprint density at radius 3 is 2.72 bits per heavy atom. The van der Waals surface area contributed by atoms with Gasteiger partial charge in [0.15, 0.2) is 5.16 Å². The molecule has 0 aliphatic rings. The van der Waals surface area contributed by atoms with Crippen molar-refractivity contribution < 1.29 is 19.1 Å².